The molecule has 0 bridgehead atoms. The number of anilines is 1. The molecule has 2 aromatic rings. The van der Waals surface area contributed by atoms with Crippen molar-refractivity contribution < 1.29 is 9.59 Å². The summed E-state index contributed by atoms with van der Waals surface area (Å²) in [6, 6.07) is 13.6. The Bertz CT molecular complexity index is 677. The summed E-state index contributed by atoms with van der Waals surface area (Å²) in [5.74, 6) is -0.256. The smallest absolute Gasteiger partial charge is 0.255 e. The van der Waals surface area contributed by atoms with E-state index in [1.807, 2.05) is 13.8 Å². The lowest BCUT2D eigenvalue weighted by molar-refractivity contribution is 0.0772. The van der Waals surface area contributed by atoms with E-state index >= 15 is 0 Å². The van der Waals surface area contributed by atoms with Gasteiger partial charge in [-0.1, -0.05) is 11.6 Å². The molecule has 2 rings (SSSR count). The Morgan fingerprint density at radius 1 is 0.913 bits per heavy atom. The van der Waals surface area contributed by atoms with Gasteiger partial charge in [-0.15, -0.1) is 0 Å². The Kier molecular flexibility index (Phi) is 5.77. The van der Waals surface area contributed by atoms with Crippen LogP contribution < -0.4 is 5.32 Å². The third-order valence-corrected chi connectivity index (χ3v) is 3.80. The molecule has 0 saturated carbocycles. The zero-order chi connectivity index (χ0) is 16.8. The molecule has 2 aromatic carbocycles. The van der Waals surface area contributed by atoms with Crippen LogP contribution in [0, 0.1) is 0 Å². The summed E-state index contributed by atoms with van der Waals surface area (Å²) in [4.78, 5) is 26.1. The molecular weight excluding hydrogens is 312 g/mol. The van der Waals surface area contributed by atoms with Crippen molar-refractivity contribution in [2.24, 2.45) is 0 Å². The fourth-order valence-corrected chi connectivity index (χ4v) is 2.32. The topological polar surface area (TPSA) is 49.4 Å². The molecule has 0 atom stereocenters. The largest absolute Gasteiger partial charge is 0.339 e. The fourth-order valence-electron chi connectivity index (χ4n) is 2.19. The Hall–Kier alpha value is -2.33. The number of nitrogens with zero attached hydrogens (tertiary/aromatic N) is 1. The maximum absolute atomic E-state index is 12.2. The Balaban J connectivity index is 2.08. The van der Waals surface area contributed by atoms with Crippen LogP contribution in [-0.2, 0) is 0 Å². The molecule has 23 heavy (non-hydrogen) atoms. The van der Waals surface area contributed by atoms with Gasteiger partial charge in [0, 0.05) is 34.9 Å². The summed E-state index contributed by atoms with van der Waals surface area (Å²) >= 11 is 5.81. The second-order valence-electron chi connectivity index (χ2n) is 5.02. The van der Waals surface area contributed by atoms with Gasteiger partial charge in [0.05, 0.1) is 0 Å². The van der Waals surface area contributed by atoms with Crippen LogP contribution in [-0.4, -0.2) is 29.8 Å². The molecule has 120 valence electrons. The van der Waals surface area contributed by atoms with Gasteiger partial charge in [-0.25, -0.2) is 0 Å². The quantitative estimate of drug-likeness (QED) is 0.898. The summed E-state index contributed by atoms with van der Waals surface area (Å²) < 4.78 is 0. The lowest BCUT2D eigenvalue weighted by atomic mass is 10.1. The van der Waals surface area contributed by atoms with E-state index < -0.39 is 0 Å². The van der Waals surface area contributed by atoms with Crippen LogP contribution in [0.2, 0.25) is 5.02 Å². The number of hydrogen-bond donors (Lipinski definition) is 1. The molecule has 0 heterocycles. The van der Waals surface area contributed by atoms with Gasteiger partial charge in [-0.3, -0.25) is 9.59 Å². The zero-order valence-electron chi connectivity index (χ0n) is 13.2. The standard InChI is InChI=1S/C18H19ClN2O2/c1-3-21(4-2)18(23)14-7-5-13(6-8-14)17(22)20-16-11-9-15(19)10-12-16/h5-12H,3-4H2,1-2H3,(H,20,22). The van der Waals surface area contributed by atoms with Crippen molar-refractivity contribution in [2.45, 2.75) is 13.8 Å². The molecule has 4 nitrogen and oxygen atoms in total. The first-order valence-electron chi connectivity index (χ1n) is 7.51. The number of nitrogens with one attached hydrogen (secondary N) is 1. The van der Waals surface area contributed by atoms with Crippen LogP contribution in [0.25, 0.3) is 0 Å². The summed E-state index contributed by atoms with van der Waals surface area (Å²) in [5, 5.41) is 3.40. The number of amides is 2. The van der Waals surface area contributed by atoms with Gasteiger partial charge >= 0.3 is 0 Å². The molecule has 0 fully saturated rings. The minimum Gasteiger partial charge on any atom is -0.339 e. The summed E-state index contributed by atoms with van der Waals surface area (Å²) in [6.45, 7) is 5.20. The highest BCUT2D eigenvalue weighted by Crippen LogP contribution is 2.15. The lowest BCUT2D eigenvalue weighted by Crippen LogP contribution is -2.30. The first-order valence-corrected chi connectivity index (χ1v) is 7.89. The van der Waals surface area contributed by atoms with Crippen molar-refractivity contribution in [1.82, 2.24) is 4.90 Å². The van der Waals surface area contributed by atoms with Crippen LogP contribution >= 0.6 is 11.6 Å². The number of carbonyl (C=O) groups excluding carboxylic acids is 2. The second kappa shape index (κ2) is 7.79. The van der Waals surface area contributed by atoms with Crippen molar-refractivity contribution in [3.63, 3.8) is 0 Å². The van der Waals surface area contributed by atoms with E-state index in [-0.39, 0.29) is 11.8 Å². The monoisotopic (exact) mass is 330 g/mol. The van der Waals surface area contributed by atoms with Gasteiger partial charge in [-0.2, -0.15) is 0 Å². The third-order valence-electron chi connectivity index (χ3n) is 3.55. The number of rotatable bonds is 5. The van der Waals surface area contributed by atoms with E-state index in [1.54, 1.807) is 53.4 Å². The molecular formula is C18H19ClN2O2. The average molecular weight is 331 g/mol. The van der Waals surface area contributed by atoms with E-state index in [1.165, 1.54) is 0 Å². The summed E-state index contributed by atoms with van der Waals surface area (Å²) in [7, 11) is 0. The van der Waals surface area contributed by atoms with Crippen molar-refractivity contribution in [3.8, 4) is 0 Å². The van der Waals surface area contributed by atoms with Gasteiger partial charge in [0.2, 0.25) is 0 Å². The lowest BCUT2D eigenvalue weighted by Gasteiger charge is -2.18. The van der Waals surface area contributed by atoms with E-state index in [0.29, 0.717) is 34.9 Å². The van der Waals surface area contributed by atoms with Crippen LogP contribution in [0.5, 0.6) is 0 Å². The molecule has 0 aromatic heterocycles. The predicted octanol–water partition coefficient (Wildman–Crippen LogP) is 4.07. The van der Waals surface area contributed by atoms with Gasteiger partial charge < -0.3 is 10.2 Å². The fraction of sp³-hybridized carbons (Fsp3) is 0.222. The van der Waals surface area contributed by atoms with E-state index in [2.05, 4.69) is 5.32 Å². The molecule has 1 N–H and O–H groups in total. The van der Waals surface area contributed by atoms with Crippen LogP contribution in [0.3, 0.4) is 0 Å². The second-order valence-corrected chi connectivity index (χ2v) is 5.45. The maximum Gasteiger partial charge on any atom is 0.255 e. The Morgan fingerprint density at radius 2 is 1.43 bits per heavy atom. The highest BCUT2D eigenvalue weighted by Gasteiger charge is 2.13. The number of carbonyl (C=O) groups is 2. The van der Waals surface area contributed by atoms with Gasteiger partial charge in [0.15, 0.2) is 0 Å². The molecule has 0 spiro atoms. The minimum atomic E-state index is -0.228. The molecule has 0 radical (unpaired) electrons. The maximum atomic E-state index is 12.2. The van der Waals surface area contributed by atoms with Crippen molar-refractivity contribution in [3.05, 3.63) is 64.7 Å². The Morgan fingerprint density at radius 3 is 1.96 bits per heavy atom. The van der Waals surface area contributed by atoms with E-state index in [9.17, 15) is 9.59 Å². The van der Waals surface area contributed by atoms with Crippen molar-refractivity contribution >= 4 is 29.1 Å². The molecule has 2 amide bonds. The van der Waals surface area contributed by atoms with Gasteiger partial charge in [0.25, 0.3) is 11.8 Å². The third kappa shape index (κ3) is 4.33. The Labute approximate surface area is 141 Å². The zero-order valence-corrected chi connectivity index (χ0v) is 13.9. The van der Waals surface area contributed by atoms with Crippen LogP contribution in [0.4, 0.5) is 5.69 Å². The predicted molar refractivity (Wildman–Crippen MR) is 93.1 cm³/mol. The summed E-state index contributed by atoms with van der Waals surface area (Å²) in [5.41, 5.74) is 1.75. The van der Waals surface area contributed by atoms with Crippen LogP contribution in [0.15, 0.2) is 48.5 Å². The molecule has 0 saturated heterocycles. The number of hydrogen-bond acceptors (Lipinski definition) is 2. The molecule has 0 aliphatic carbocycles. The molecule has 5 heteroatoms. The molecule has 0 unspecified atom stereocenters. The van der Waals surface area contributed by atoms with Crippen LogP contribution in [0.1, 0.15) is 34.6 Å². The summed E-state index contributed by atoms with van der Waals surface area (Å²) in [6.07, 6.45) is 0. The van der Waals surface area contributed by atoms with E-state index in [0.717, 1.165) is 0 Å². The highest BCUT2D eigenvalue weighted by atomic mass is 35.5. The first-order chi connectivity index (χ1) is 11.0. The van der Waals surface area contributed by atoms with Gasteiger partial charge in [-0.05, 0) is 62.4 Å². The van der Waals surface area contributed by atoms with Crippen molar-refractivity contribution in [1.29, 1.82) is 0 Å². The highest BCUT2D eigenvalue weighted by molar-refractivity contribution is 6.30. The number of benzene rings is 2. The number of halogens is 1. The molecule has 0 aliphatic heterocycles. The average Bonchev–Trinajstić information content (AvgIpc) is 2.58. The van der Waals surface area contributed by atoms with Gasteiger partial charge in [0.1, 0.15) is 0 Å². The molecule has 0 aliphatic rings. The minimum absolute atomic E-state index is 0.0281. The van der Waals surface area contributed by atoms with Crippen molar-refractivity contribution in [2.75, 3.05) is 18.4 Å². The SMILES string of the molecule is CCN(CC)C(=O)c1ccc(C(=O)Nc2ccc(Cl)cc2)cc1. The normalized spacial score (nSPS) is 10.2. The first kappa shape index (κ1) is 17.0. The van der Waals surface area contributed by atoms with E-state index in [4.69, 9.17) is 11.6 Å².